The lowest BCUT2D eigenvalue weighted by molar-refractivity contribution is -0.132. The highest BCUT2D eigenvalue weighted by atomic mass is 28.4. The van der Waals surface area contributed by atoms with E-state index in [1.54, 1.807) is 18.2 Å². The molecule has 200 valence electrons. The molecular weight excluding hydrogens is 494 g/mol. The molecule has 1 aliphatic carbocycles. The second-order valence-corrected chi connectivity index (χ2v) is 16.1. The summed E-state index contributed by atoms with van der Waals surface area (Å²) in [5.41, 5.74) is 7.77. The van der Waals surface area contributed by atoms with Crippen molar-refractivity contribution in [2.24, 2.45) is 5.92 Å². The highest BCUT2D eigenvalue weighted by molar-refractivity contribution is 6.74. The summed E-state index contributed by atoms with van der Waals surface area (Å²) in [7, 11) is -2.28. The van der Waals surface area contributed by atoms with Gasteiger partial charge >= 0.3 is 0 Å². The number of fused-ring (bicyclic) bond motifs is 1. The fourth-order valence-electron chi connectivity index (χ4n) is 4.31. The number of aromatic nitrogens is 1. The van der Waals surface area contributed by atoms with E-state index in [2.05, 4.69) is 61.8 Å². The summed E-state index contributed by atoms with van der Waals surface area (Å²) >= 11 is 0. The van der Waals surface area contributed by atoms with Gasteiger partial charge in [-0.05, 0) is 90.8 Å². The number of hydrogen-bond donors (Lipinski definition) is 2. The van der Waals surface area contributed by atoms with Gasteiger partial charge in [-0.15, -0.1) is 0 Å². The van der Waals surface area contributed by atoms with Gasteiger partial charge in [-0.1, -0.05) is 51.1 Å². The van der Waals surface area contributed by atoms with Gasteiger partial charge in [0.1, 0.15) is 23.3 Å². The summed E-state index contributed by atoms with van der Waals surface area (Å²) in [4.78, 5) is 30.0. The summed E-state index contributed by atoms with van der Waals surface area (Å²) in [5.74, 6) is 0.775. The van der Waals surface area contributed by atoms with Crippen LogP contribution in [0.1, 0.15) is 48.8 Å². The van der Waals surface area contributed by atoms with Crippen LogP contribution in [0.25, 0.3) is 0 Å². The van der Waals surface area contributed by atoms with Gasteiger partial charge in [-0.25, -0.2) is 0 Å². The summed E-state index contributed by atoms with van der Waals surface area (Å²) in [5, 5.41) is -0.0704. The van der Waals surface area contributed by atoms with Crippen molar-refractivity contribution in [1.29, 1.82) is 0 Å². The molecule has 2 aromatic carbocycles. The number of hydrogen-bond acceptors (Lipinski definition) is 5. The molecule has 0 bridgehead atoms. The smallest absolute Gasteiger partial charge is 0.288 e. The average molecular weight is 532 g/mol. The number of carbonyl (C=O) groups is 2. The standard InChI is InChI=1S/C30H37N3O4Si/c1-30(2,3)38(4,5)37-27(29(35)33-32-28(34)26-13-9-10-18-31-26)23-15-14-22-20-25(17-16-21(22)19-23)36-24-11-7-6-8-12-24/h6-13,16-18,20,23,27H,14-15,19H2,1-5H3,(H,32,34)(H,33,35). The number of nitrogens with one attached hydrogen (secondary N) is 2. The monoisotopic (exact) mass is 531 g/mol. The van der Waals surface area contributed by atoms with Crippen LogP contribution in [0.2, 0.25) is 18.1 Å². The minimum Gasteiger partial charge on any atom is -0.457 e. The largest absolute Gasteiger partial charge is 0.457 e. The van der Waals surface area contributed by atoms with Gasteiger partial charge in [0, 0.05) is 6.20 Å². The summed E-state index contributed by atoms with van der Waals surface area (Å²) in [6.07, 6.45) is 3.17. The second-order valence-electron chi connectivity index (χ2n) is 11.3. The first-order chi connectivity index (χ1) is 18.0. The lowest BCUT2D eigenvalue weighted by Gasteiger charge is -2.41. The van der Waals surface area contributed by atoms with E-state index in [0.717, 1.165) is 24.3 Å². The highest BCUT2D eigenvalue weighted by Gasteiger charge is 2.43. The van der Waals surface area contributed by atoms with Crippen LogP contribution < -0.4 is 15.6 Å². The van der Waals surface area contributed by atoms with E-state index in [0.29, 0.717) is 6.42 Å². The molecule has 4 rings (SSSR count). The fourth-order valence-corrected chi connectivity index (χ4v) is 5.60. The molecule has 1 aliphatic rings. The van der Waals surface area contributed by atoms with Gasteiger partial charge in [0.05, 0.1) is 0 Å². The maximum absolute atomic E-state index is 13.5. The summed E-state index contributed by atoms with van der Waals surface area (Å²) < 4.78 is 12.7. The molecule has 0 aliphatic heterocycles. The fraction of sp³-hybridized carbons (Fsp3) is 0.367. The number of rotatable bonds is 7. The first kappa shape index (κ1) is 27.5. The minimum atomic E-state index is -2.28. The van der Waals surface area contributed by atoms with Crippen LogP contribution in [0.15, 0.2) is 72.9 Å². The SMILES string of the molecule is CC(C)(C)[Si](C)(C)OC(C(=O)NNC(=O)c1ccccn1)C1CCc2cc(Oc3ccccc3)ccc2C1. The molecule has 0 saturated heterocycles. The van der Waals surface area contributed by atoms with Gasteiger partial charge in [-0.2, -0.15) is 0 Å². The van der Waals surface area contributed by atoms with Crippen LogP contribution in [0.3, 0.4) is 0 Å². The quantitative estimate of drug-likeness (QED) is 0.296. The minimum absolute atomic E-state index is 0.0238. The maximum atomic E-state index is 13.5. The van der Waals surface area contributed by atoms with Crippen LogP contribution in [0, 0.1) is 5.92 Å². The van der Waals surface area contributed by atoms with E-state index >= 15 is 0 Å². The predicted octanol–water partition coefficient (Wildman–Crippen LogP) is 5.83. The van der Waals surface area contributed by atoms with Crippen LogP contribution >= 0.6 is 0 Å². The molecule has 2 amide bonds. The molecule has 8 heteroatoms. The zero-order valence-electron chi connectivity index (χ0n) is 22.8. The molecule has 2 atom stereocenters. The Balaban J connectivity index is 1.50. The number of hydrazine groups is 1. The zero-order valence-corrected chi connectivity index (χ0v) is 23.8. The number of pyridine rings is 1. The number of ether oxygens (including phenoxy) is 1. The Labute approximate surface area is 226 Å². The van der Waals surface area contributed by atoms with E-state index in [1.165, 1.54) is 17.3 Å². The predicted molar refractivity (Wildman–Crippen MR) is 150 cm³/mol. The molecule has 1 heterocycles. The van der Waals surface area contributed by atoms with Crippen molar-refractivity contribution >= 4 is 20.1 Å². The van der Waals surface area contributed by atoms with Crippen molar-refractivity contribution in [2.45, 2.75) is 64.3 Å². The van der Waals surface area contributed by atoms with Crippen molar-refractivity contribution in [1.82, 2.24) is 15.8 Å². The van der Waals surface area contributed by atoms with E-state index in [-0.39, 0.29) is 22.6 Å². The maximum Gasteiger partial charge on any atom is 0.288 e. The van der Waals surface area contributed by atoms with Crippen LogP contribution in [0.5, 0.6) is 11.5 Å². The van der Waals surface area contributed by atoms with Gasteiger partial charge in [0.2, 0.25) is 0 Å². The van der Waals surface area contributed by atoms with Crippen molar-refractivity contribution in [2.75, 3.05) is 0 Å². The van der Waals surface area contributed by atoms with Crippen LogP contribution in [0.4, 0.5) is 0 Å². The van der Waals surface area contributed by atoms with E-state index in [1.807, 2.05) is 36.4 Å². The Hall–Kier alpha value is -3.49. The molecule has 0 fully saturated rings. The number of para-hydroxylation sites is 1. The molecule has 0 radical (unpaired) electrons. The molecule has 2 unspecified atom stereocenters. The lowest BCUT2D eigenvalue weighted by Crippen LogP contribution is -2.55. The first-order valence-corrected chi connectivity index (χ1v) is 16.0. The Morgan fingerprint density at radius 2 is 1.68 bits per heavy atom. The number of benzene rings is 2. The summed E-state index contributed by atoms with van der Waals surface area (Å²) in [6, 6.07) is 20.9. The number of amides is 2. The second kappa shape index (κ2) is 11.5. The van der Waals surface area contributed by atoms with Gasteiger partial charge < -0.3 is 9.16 Å². The van der Waals surface area contributed by atoms with E-state index in [9.17, 15) is 9.59 Å². The number of aryl methyl sites for hydroxylation is 1. The van der Waals surface area contributed by atoms with Gasteiger partial charge in [-0.3, -0.25) is 25.4 Å². The first-order valence-electron chi connectivity index (χ1n) is 13.1. The zero-order chi connectivity index (χ0) is 27.3. The van der Waals surface area contributed by atoms with E-state index in [4.69, 9.17) is 9.16 Å². The average Bonchev–Trinajstić information content (AvgIpc) is 2.90. The van der Waals surface area contributed by atoms with Crippen molar-refractivity contribution < 1.29 is 18.8 Å². The molecule has 0 saturated carbocycles. The summed E-state index contributed by atoms with van der Waals surface area (Å²) in [6.45, 7) is 10.7. The topological polar surface area (TPSA) is 89.6 Å². The van der Waals surface area contributed by atoms with Crippen LogP contribution in [-0.2, 0) is 22.1 Å². The van der Waals surface area contributed by atoms with Gasteiger partial charge in [0.15, 0.2) is 8.32 Å². The normalized spacial score (nSPS) is 16.2. The number of carbonyl (C=O) groups excluding carboxylic acids is 2. The van der Waals surface area contributed by atoms with Crippen LogP contribution in [-0.4, -0.2) is 31.2 Å². The van der Waals surface area contributed by atoms with Crippen molar-refractivity contribution in [3.05, 3.63) is 89.7 Å². The molecule has 3 aromatic rings. The highest BCUT2D eigenvalue weighted by Crippen LogP contribution is 2.40. The van der Waals surface area contributed by atoms with Gasteiger partial charge in [0.25, 0.3) is 11.8 Å². The van der Waals surface area contributed by atoms with Crippen molar-refractivity contribution in [3.8, 4) is 11.5 Å². The molecule has 1 aromatic heterocycles. The Bertz CT molecular complexity index is 1260. The third-order valence-electron chi connectivity index (χ3n) is 7.53. The Kier molecular flexibility index (Phi) is 8.33. The Morgan fingerprint density at radius 1 is 0.947 bits per heavy atom. The van der Waals surface area contributed by atoms with E-state index < -0.39 is 20.3 Å². The lowest BCUT2D eigenvalue weighted by atomic mass is 9.80. The molecule has 38 heavy (non-hydrogen) atoms. The third-order valence-corrected chi connectivity index (χ3v) is 12.0. The molecule has 2 N–H and O–H groups in total. The number of nitrogens with zero attached hydrogens (tertiary/aromatic N) is 1. The third kappa shape index (κ3) is 6.68. The molecular formula is C30H37N3O4Si. The van der Waals surface area contributed by atoms with Crippen molar-refractivity contribution in [3.63, 3.8) is 0 Å². The molecule has 0 spiro atoms. The molecule has 7 nitrogen and oxygen atoms in total. The Morgan fingerprint density at radius 3 is 2.37 bits per heavy atom.